The molecule has 1 aliphatic carbocycles. The molecule has 0 spiro atoms. The highest BCUT2D eigenvalue weighted by molar-refractivity contribution is 7.89. The van der Waals surface area contributed by atoms with E-state index in [-0.39, 0.29) is 35.7 Å². The number of ether oxygens (including phenoxy) is 4. The van der Waals surface area contributed by atoms with Crippen LogP contribution in [0.4, 0.5) is 4.79 Å². The number of hydrogen-bond donors (Lipinski definition) is 3. The first-order valence-corrected chi connectivity index (χ1v) is 16.3. The Labute approximate surface area is 256 Å². The van der Waals surface area contributed by atoms with E-state index in [0.29, 0.717) is 25.9 Å². The number of nitrogens with zero attached hydrogens (tertiary/aromatic N) is 1. The molecule has 3 aliphatic rings. The lowest BCUT2D eigenvalue weighted by molar-refractivity contribution is -0.145. The number of fused-ring (bicyclic) bond motifs is 1. The van der Waals surface area contributed by atoms with Gasteiger partial charge in [-0.1, -0.05) is 53.7 Å². The average molecular weight is 634 g/mol. The summed E-state index contributed by atoms with van der Waals surface area (Å²) in [5, 5.41) is 14.3. The maximum Gasteiger partial charge on any atom is 0.407 e. The lowest BCUT2D eigenvalue weighted by Crippen LogP contribution is -2.51. The van der Waals surface area contributed by atoms with E-state index in [1.807, 2.05) is 30.3 Å². The maximum atomic E-state index is 13.9. The number of nitrogens with two attached hydrogens (primary N) is 1. The zero-order valence-corrected chi connectivity index (χ0v) is 25.1. The molecule has 0 aromatic heterocycles. The van der Waals surface area contributed by atoms with Crippen molar-refractivity contribution in [3.05, 3.63) is 60.2 Å². The molecule has 13 nitrogen and oxygen atoms in total. The Morgan fingerprint density at radius 2 is 1.84 bits per heavy atom. The normalized spacial score (nSPS) is 23.3. The minimum atomic E-state index is -4.33. The van der Waals surface area contributed by atoms with E-state index in [0.717, 1.165) is 22.9 Å². The average Bonchev–Trinajstić information content (AvgIpc) is 3.77. The van der Waals surface area contributed by atoms with Crippen molar-refractivity contribution in [2.75, 3.05) is 26.4 Å². The van der Waals surface area contributed by atoms with Gasteiger partial charge in [-0.3, -0.25) is 9.63 Å². The number of carbonyl (C=O) groups is 2. The molecule has 4 N–H and O–H groups in total. The molecule has 1 saturated carbocycles. The van der Waals surface area contributed by atoms with Crippen LogP contribution in [-0.4, -0.2) is 87.0 Å². The standard InChI is InChI=1S/C30H39N3O10S/c31-28(35)19-40-22-11-6-12-23(16-22)44(37,38)33(43-21-9-4-5-10-21)17-26(34)25(15-20-7-2-1-3-8-20)32-30(36)42-27-18-41-29-24(27)13-14-39-29/h1-3,6-8,11-12,16,21,24-27,29,34H,4-5,9-10,13-15,17-19H2,(H2,31,35)(H,32,36)/t24-,25?,26-,27-,29+/m0/s1. The van der Waals surface area contributed by atoms with Crippen molar-refractivity contribution in [3.8, 4) is 5.75 Å². The fraction of sp³-hybridized carbons (Fsp3) is 0.533. The number of aliphatic hydroxyl groups excluding tert-OH is 1. The molecule has 2 aliphatic heterocycles. The molecule has 14 heteroatoms. The minimum Gasteiger partial charge on any atom is -0.484 e. The lowest BCUT2D eigenvalue weighted by atomic mass is 10.0. The summed E-state index contributed by atoms with van der Waals surface area (Å²) in [6.45, 7) is -0.168. The van der Waals surface area contributed by atoms with Crippen molar-refractivity contribution in [1.82, 2.24) is 9.79 Å². The molecule has 2 saturated heterocycles. The van der Waals surface area contributed by atoms with Gasteiger partial charge in [0.2, 0.25) is 0 Å². The fourth-order valence-corrected chi connectivity index (χ4v) is 6.99. The van der Waals surface area contributed by atoms with E-state index in [1.54, 1.807) is 0 Å². The molecule has 2 amide bonds. The number of sulfonamides is 1. The molecule has 2 aromatic rings. The maximum absolute atomic E-state index is 13.9. The van der Waals surface area contributed by atoms with Crippen LogP contribution in [-0.2, 0) is 40.3 Å². The smallest absolute Gasteiger partial charge is 0.407 e. The predicted molar refractivity (Wildman–Crippen MR) is 156 cm³/mol. The summed E-state index contributed by atoms with van der Waals surface area (Å²) in [6, 6.07) is 13.9. The third kappa shape index (κ3) is 8.25. The Balaban J connectivity index is 1.34. The van der Waals surface area contributed by atoms with Gasteiger partial charge < -0.3 is 35.1 Å². The first-order chi connectivity index (χ1) is 21.2. The monoisotopic (exact) mass is 633 g/mol. The number of carbonyl (C=O) groups excluding carboxylic acids is 2. The van der Waals surface area contributed by atoms with Crippen LogP contribution in [0.1, 0.15) is 37.7 Å². The molecule has 1 unspecified atom stereocenters. The van der Waals surface area contributed by atoms with Crippen molar-refractivity contribution in [2.24, 2.45) is 11.7 Å². The second kappa shape index (κ2) is 14.7. The second-order valence-electron chi connectivity index (χ2n) is 11.2. The van der Waals surface area contributed by atoms with Crippen LogP contribution in [0, 0.1) is 5.92 Å². The van der Waals surface area contributed by atoms with Crippen molar-refractivity contribution < 1.29 is 46.9 Å². The molecule has 5 atom stereocenters. The summed E-state index contributed by atoms with van der Waals surface area (Å²) in [6.07, 6.45) is 0.605. The number of primary amides is 1. The van der Waals surface area contributed by atoms with E-state index in [9.17, 15) is 23.1 Å². The number of amides is 2. The van der Waals surface area contributed by atoms with Gasteiger partial charge in [-0.15, -0.1) is 0 Å². The number of alkyl carbamates (subject to hydrolysis) is 1. The minimum absolute atomic E-state index is 0.0681. The van der Waals surface area contributed by atoms with E-state index in [1.165, 1.54) is 24.3 Å². The summed E-state index contributed by atoms with van der Waals surface area (Å²) >= 11 is 0. The molecule has 44 heavy (non-hydrogen) atoms. The van der Waals surface area contributed by atoms with Crippen LogP contribution in [0.2, 0.25) is 0 Å². The quantitative estimate of drug-likeness (QED) is 0.261. The Morgan fingerprint density at radius 3 is 2.59 bits per heavy atom. The second-order valence-corrected chi connectivity index (χ2v) is 13.0. The third-order valence-electron chi connectivity index (χ3n) is 7.97. The van der Waals surface area contributed by atoms with E-state index in [4.69, 9.17) is 29.5 Å². The van der Waals surface area contributed by atoms with E-state index < -0.39 is 59.7 Å². The van der Waals surface area contributed by atoms with Crippen LogP contribution >= 0.6 is 0 Å². The van der Waals surface area contributed by atoms with E-state index >= 15 is 0 Å². The summed E-state index contributed by atoms with van der Waals surface area (Å²) in [5.74, 6) is -0.648. The zero-order valence-electron chi connectivity index (χ0n) is 24.3. The van der Waals surface area contributed by atoms with Gasteiger partial charge in [0.15, 0.2) is 12.9 Å². The Hall–Kier alpha value is -3.27. The van der Waals surface area contributed by atoms with Crippen LogP contribution < -0.4 is 15.8 Å². The van der Waals surface area contributed by atoms with E-state index in [2.05, 4.69) is 5.32 Å². The highest BCUT2D eigenvalue weighted by atomic mass is 32.2. The Bertz CT molecular complexity index is 1370. The van der Waals surface area contributed by atoms with Crippen molar-refractivity contribution in [2.45, 2.75) is 74.1 Å². The first kappa shape index (κ1) is 32.1. The van der Waals surface area contributed by atoms with Gasteiger partial charge in [-0.05, 0) is 43.4 Å². The topological polar surface area (TPSA) is 176 Å². The van der Waals surface area contributed by atoms with Gasteiger partial charge in [0.1, 0.15) is 11.9 Å². The van der Waals surface area contributed by atoms with Crippen LogP contribution in [0.5, 0.6) is 5.75 Å². The molecule has 2 aromatic carbocycles. The van der Waals surface area contributed by atoms with Gasteiger partial charge in [-0.2, -0.15) is 0 Å². The number of hydrogen-bond acceptors (Lipinski definition) is 10. The van der Waals surface area contributed by atoms with Gasteiger partial charge in [-0.25, -0.2) is 13.2 Å². The molecular formula is C30H39N3O10S. The molecule has 3 fully saturated rings. The molecular weight excluding hydrogens is 594 g/mol. The zero-order chi connectivity index (χ0) is 31.1. The highest BCUT2D eigenvalue weighted by Crippen LogP contribution is 2.33. The summed E-state index contributed by atoms with van der Waals surface area (Å²) in [5.41, 5.74) is 5.97. The largest absolute Gasteiger partial charge is 0.484 e. The Morgan fingerprint density at radius 1 is 1.07 bits per heavy atom. The number of rotatable bonds is 14. The van der Waals surface area contributed by atoms with Crippen molar-refractivity contribution >= 4 is 22.0 Å². The molecule has 5 rings (SSSR count). The number of benzene rings is 2. The highest BCUT2D eigenvalue weighted by Gasteiger charge is 2.44. The summed E-state index contributed by atoms with van der Waals surface area (Å²) < 4.78 is 50.6. The van der Waals surface area contributed by atoms with Gasteiger partial charge in [0.25, 0.3) is 15.9 Å². The van der Waals surface area contributed by atoms with Crippen molar-refractivity contribution in [1.29, 1.82) is 0 Å². The molecule has 2 heterocycles. The van der Waals surface area contributed by atoms with Gasteiger partial charge >= 0.3 is 6.09 Å². The van der Waals surface area contributed by atoms with Crippen LogP contribution in [0.25, 0.3) is 0 Å². The Kier molecular flexibility index (Phi) is 10.7. The molecule has 0 bridgehead atoms. The molecule has 0 radical (unpaired) electrons. The van der Waals surface area contributed by atoms with Gasteiger partial charge in [0.05, 0.1) is 48.8 Å². The molecule has 240 valence electrons. The summed E-state index contributed by atoms with van der Waals surface area (Å²) in [7, 11) is -4.33. The third-order valence-corrected chi connectivity index (χ3v) is 9.59. The lowest BCUT2D eigenvalue weighted by Gasteiger charge is -2.31. The van der Waals surface area contributed by atoms with Crippen molar-refractivity contribution in [3.63, 3.8) is 0 Å². The van der Waals surface area contributed by atoms with Gasteiger partial charge in [0, 0.05) is 6.07 Å². The fourth-order valence-electron chi connectivity index (χ4n) is 5.66. The SMILES string of the molecule is NC(=O)COc1cccc(S(=O)(=O)N(C[C@H](O)C(Cc2ccccc2)NC(=O)O[C@H]2CO[C@H]3OCC[C@H]32)OC2CCCC2)c1. The van der Waals surface area contributed by atoms with Crippen LogP contribution in [0.15, 0.2) is 59.5 Å². The number of nitrogens with one attached hydrogen (secondary N) is 1. The van der Waals surface area contributed by atoms with Crippen LogP contribution in [0.3, 0.4) is 0 Å². The predicted octanol–water partition coefficient (Wildman–Crippen LogP) is 1.88. The first-order valence-electron chi connectivity index (χ1n) is 14.8. The number of hydroxylamine groups is 1. The summed E-state index contributed by atoms with van der Waals surface area (Å²) in [4.78, 5) is 30.1. The number of aliphatic hydroxyl groups is 1.